The number of aliphatic carboxylic acids is 2. The second-order valence-corrected chi connectivity index (χ2v) is 5.22. The second kappa shape index (κ2) is 5.32. The molecule has 0 radical (unpaired) electrons. The molecule has 0 unspecified atom stereocenters. The molecule has 0 aromatic heterocycles. The Morgan fingerprint density at radius 1 is 1.00 bits per heavy atom. The lowest BCUT2D eigenvalue weighted by atomic mass is 9.64. The molecule has 0 aromatic carbocycles. The molecule has 0 aliphatic carbocycles. The van der Waals surface area contributed by atoms with Crippen LogP contribution in [-0.4, -0.2) is 22.2 Å². The Kier molecular flexibility index (Phi) is 4.97. The molecule has 0 heterocycles. The van der Waals surface area contributed by atoms with Gasteiger partial charge in [0.05, 0.1) is 0 Å². The monoisotopic (exact) mass is 230 g/mol. The van der Waals surface area contributed by atoms with Crippen LogP contribution in [0.5, 0.6) is 0 Å². The molecule has 0 aliphatic heterocycles. The van der Waals surface area contributed by atoms with E-state index in [0.29, 0.717) is 6.42 Å². The standard InChI is InChI=1S/C12H22O4/c1-5-6-7-8-12(9(13)14,10(15)16)11(2,3)4/h5-8H2,1-4H3,(H,13,14)(H,15,16). The summed E-state index contributed by atoms with van der Waals surface area (Å²) in [6.07, 6.45) is 2.62. The Morgan fingerprint density at radius 3 is 1.69 bits per heavy atom. The molecule has 2 N–H and O–H groups in total. The third-order valence-electron chi connectivity index (χ3n) is 3.17. The van der Waals surface area contributed by atoms with Gasteiger partial charge in [-0.1, -0.05) is 47.0 Å². The van der Waals surface area contributed by atoms with Crippen molar-refractivity contribution >= 4 is 11.9 Å². The van der Waals surface area contributed by atoms with Gasteiger partial charge in [0.25, 0.3) is 0 Å². The topological polar surface area (TPSA) is 74.6 Å². The van der Waals surface area contributed by atoms with Crippen LogP contribution in [0.2, 0.25) is 0 Å². The SMILES string of the molecule is CCCCCC(C(=O)O)(C(=O)O)C(C)(C)C. The van der Waals surface area contributed by atoms with Gasteiger partial charge in [-0.2, -0.15) is 0 Å². The lowest BCUT2D eigenvalue weighted by Gasteiger charge is -2.37. The van der Waals surface area contributed by atoms with E-state index < -0.39 is 22.8 Å². The summed E-state index contributed by atoms with van der Waals surface area (Å²) in [6.45, 7) is 7.00. The molecule has 4 heteroatoms. The number of rotatable bonds is 6. The van der Waals surface area contributed by atoms with E-state index in [1.54, 1.807) is 20.8 Å². The maximum absolute atomic E-state index is 11.3. The van der Waals surface area contributed by atoms with Crippen molar-refractivity contribution in [3.8, 4) is 0 Å². The number of hydrogen-bond donors (Lipinski definition) is 2. The van der Waals surface area contributed by atoms with Crippen molar-refractivity contribution in [2.24, 2.45) is 10.8 Å². The quantitative estimate of drug-likeness (QED) is 0.543. The molecule has 0 bridgehead atoms. The van der Waals surface area contributed by atoms with Crippen LogP contribution >= 0.6 is 0 Å². The molecule has 0 atom stereocenters. The second-order valence-electron chi connectivity index (χ2n) is 5.22. The van der Waals surface area contributed by atoms with Gasteiger partial charge in [0, 0.05) is 0 Å². The zero-order chi connectivity index (χ0) is 13.0. The minimum absolute atomic E-state index is 0.189. The van der Waals surface area contributed by atoms with Crippen molar-refractivity contribution in [3.05, 3.63) is 0 Å². The predicted octanol–water partition coefficient (Wildman–Crippen LogP) is 2.77. The van der Waals surface area contributed by atoms with Crippen LogP contribution in [0.1, 0.15) is 53.4 Å². The normalized spacial score (nSPS) is 12.5. The molecule has 0 fully saturated rings. The Balaban J connectivity index is 5.13. The van der Waals surface area contributed by atoms with Crippen molar-refractivity contribution < 1.29 is 19.8 Å². The van der Waals surface area contributed by atoms with Crippen molar-refractivity contribution in [2.75, 3.05) is 0 Å². The third kappa shape index (κ3) is 2.74. The number of carbonyl (C=O) groups is 2. The molecule has 4 nitrogen and oxygen atoms in total. The summed E-state index contributed by atoms with van der Waals surface area (Å²) in [6, 6.07) is 0. The zero-order valence-corrected chi connectivity index (χ0v) is 10.5. The molecule has 0 saturated carbocycles. The Bertz CT molecular complexity index is 249. The Morgan fingerprint density at radius 2 is 1.44 bits per heavy atom. The molecule has 0 rings (SSSR count). The highest BCUT2D eigenvalue weighted by Crippen LogP contribution is 2.43. The lowest BCUT2D eigenvalue weighted by Crippen LogP contribution is -2.49. The third-order valence-corrected chi connectivity index (χ3v) is 3.17. The van der Waals surface area contributed by atoms with E-state index in [-0.39, 0.29) is 6.42 Å². The van der Waals surface area contributed by atoms with E-state index in [1.807, 2.05) is 6.92 Å². The van der Waals surface area contributed by atoms with Gasteiger partial charge in [0.2, 0.25) is 0 Å². The van der Waals surface area contributed by atoms with Gasteiger partial charge < -0.3 is 10.2 Å². The fraction of sp³-hybridized carbons (Fsp3) is 0.833. The smallest absolute Gasteiger partial charge is 0.321 e. The maximum Gasteiger partial charge on any atom is 0.321 e. The van der Waals surface area contributed by atoms with Gasteiger partial charge >= 0.3 is 11.9 Å². The molecule has 16 heavy (non-hydrogen) atoms. The van der Waals surface area contributed by atoms with Crippen molar-refractivity contribution in [1.29, 1.82) is 0 Å². The van der Waals surface area contributed by atoms with Crippen LogP contribution in [0.15, 0.2) is 0 Å². The summed E-state index contributed by atoms with van der Waals surface area (Å²) in [5.74, 6) is -2.47. The van der Waals surface area contributed by atoms with E-state index >= 15 is 0 Å². The van der Waals surface area contributed by atoms with Gasteiger partial charge in [0.15, 0.2) is 5.41 Å². The maximum atomic E-state index is 11.3. The Hall–Kier alpha value is -1.06. The molecular weight excluding hydrogens is 208 g/mol. The molecule has 0 amide bonds. The van der Waals surface area contributed by atoms with Gasteiger partial charge in [-0.25, -0.2) is 0 Å². The van der Waals surface area contributed by atoms with Crippen LogP contribution in [0.25, 0.3) is 0 Å². The van der Waals surface area contributed by atoms with E-state index in [2.05, 4.69) is 0 Å². The van der Waals surface area contributed by atoms with Gasteiger partial charge in [-0.15, -0.1) is 0 Å². The van der Waals surface area contributed by atoms with Crippen LogP contribution < -0.4 is 0 Å². The first-order chi connectivity index (χ1) is 7.20. The van der Waals surface area contributed by atoms with Crippen LogP contribution in [-0.2, 0) is 9.59 Å². The van der Waals surface area contributed by atoms with Crippen LogP contribution in [0.3, 0.4) is 0 Å². The predicted molar refractivity (Wildman–Crippen MR) is 61.3 cm³/mol. The fourth-order valence-electron chi connectivity index (χ4n) is 1.96. The van der Waals surface area contributed by atoms with Gasteiger partial charge in [-0.3, -0.25) is 9.59 Å². The van der Waals surface area contributed by atoms with Crippen LogP contribution in [0, 0.1) is 10.8 Å². The first kappa shape index (κ1) is 14.9. The highest BCUT2D eigenvalue weighted by Gasteiger charge is 2.54. The fourth-order valence-corrected chi connectivity index (χ4v) is 1.96. The van der Waals surface area contributed by atoms with E-state index in [9.17, 15) is 19.8 Å². The summed E-state index contributed by atoms with van der Waals surface area (Å²) in [7, 11) is 0. The zero-order valence-electron chi connectivity index (χ0n) is 10.5. The number of unbranched alkanes of at least 4 members (excludes halogenated alkanes) is 2. The summed E-state index contributed by atoms with van der Waals surface area (Å²) >= 11 is 0. The number of carboxylic acid groups (broad SMARTS) is 2. The van der Waals surface area contributed by atoms with Crippen molar-refractivity contribution in [1.82, 2.24) is 0 Å². The van der Waals surface area contributed by atoms with E-state index in [1.165, 1.54) is 0 Å². The Labute approximate surface area is 96.7 Å². The van der Waals surface area contributed by atoms with E-state index in [4.69, 9.17) is 0 Å². The number of carboxylic acids is 2. The van der Waals surface area contributed by atoms with Crippen LogP contribution in [0.4, 0.5) is 0 Å². The summed E-state index contributed by atoms with van der Waals surface area (Å²) in [5, 5.41) is 18.5. The molecule has 0 aromatic rings. The van der Waals surface area contributed by atoms with Crippen molar-refractivity contribution in [2.45, 2.75) is 53.4 Å². The summed E-state index contributed by atoms with van der Waals surface area (Å²) in [4.78, 5) is 22.6. The molecule has 0 aliphatic rings. The lowest BCUT2D eigenvalue weighted by molar-refractivity contribution is -0.174. The minimum Gasteiger partial charge on any atom is -0.480 e. The first-order valence-corrected chi connectivity index (χ1v) is 5.67. The summed E-state index contributed by atoms with van der Waals surface area (Å²) < 4.78 is 0. The van der Waals surface area contributed by atoms with Gasteiger partial charge in [0.1, 0.15) is 0 Å². The molecular formula is C12H22O4. The minimum atomic E-state index is -1.68. The average Bonchev–Trinajstić information content (AvgIpc) is 2.08. The highest BCUT2D eigenvalue weighted by molar-refractivity contribution is 5.99. The number of hydrogen-bond acceptors (Lipinski definition) is 2. The largest absolute Gasteiger partial charge is 0.480 e. The molecule has 94 valence electrons. The molecule has 0 saturated heterocycles. The summed E-state index contributed by atoms with van der Waals surface area (Å²) in [5.41, 5.74) is -2.47. The van der Waals surface area contributed by atoms with E-state index in [0.717, 1.165) is 12.8 Å². The first-order valence-electron chi connectivity index (χ1n) is 5.67. The average molecular weight is 230 g/mol. The molecule has 0 spiro atoms. The van der Waals surface area contributed by atoms with Crippen molar-refractivity contribution in [3.63, 3.8) is 0 Å². The highest BCUT2D eigenvalue weighted by atomic mass is 16.4. The van der Waals surface area contributed by atoms with Gasteiger partial charge in [-0.05, 0) is 11.8 Å².